The Morgan fingerprint density at radius 2 is 1.87 bits per heavy atom. The number of benzene rings is 2. The van der Waals surface area contributed by atoms with Crippen LogP contribution in [-0.4, -0.2) is 58.2 Å². The average Bonchev–Trinajstić information content (AvgIpc) is 3.47. The molecule has 0 bridgehead atoms. The van der Waals surface area contributed by atoms with Crippen LogP contribution >= 0.6 is 11.8 Å². The van der Waals surface area contributed by atoms with Crippen molar-refractivity contribution in [1.29, 1.82) is 0 Å². The van der Waals surface area contributed by atoms with Gasteiger partial charge in [-0.1, -0.05) is 36.0 Å². The third-order valence-corrected chi connectivity index (χ3v) is 6.01. The van der Waals surface area contributed by atoms with Crippen molar-refractivity contribution < 1.29 is 14.3 Å². The van der Waals surface area contributed by atoms with Crippen molar-refractivity contribution in [1.82, 2.24) is 19.7 Å². The molecule has 0 saturated carbocycles. The SMILES string of the molecule is COC(=O)c1cccc(OCCSc2nnc(CN3CCCC3)n2-c2ccccc2)c1. The second kappa shape index (κ2) is 10.5. The highest BCUT2D eigenvalue weighted by molar-refractivity contribution is 7.99. The Morgan fingerprint density at radius 3 is 2.65 bits per heavy atom. The zero-order chi connectivity index (χ0) is 21.5. The standard InChI is InChI=1S/C23H26N4O3S/c1-29-22(28)18-8-7-11-20(16-18)30-14-15-31-23-25-24-21(17-26-12-5-6-13-26)27(23)19-9-3-2-4-10-19/h2-4,7-11,16H,5-6,12-15,17H2,1H3. The number of carbonyl (C=O) groups excluding carboxylic acids is 1. The second-order valence-corrected chi connectivity index (χ2v) is 8.33. The molecule has 8 heteroatoms. The maximum atomic E-state index is 11.7. The Balaban J connectivity index is 1.41. The van der Waals surface area contributed by atoms with Crippen LogP contribution in [0.5, 0.6) is 5.75 Å². The first-order valence-electron chi connectivity index (χ1n) is 10.4. The van der Waals surface area contributed by atoms with Gasteiger partial charge in [0.15, 0.2) is 11.0 Å². The fourth-order valence-electron chi connectivity index (χ4n) is 3.60. The van der Waals surface area contributed by atoms with E-state index in [1.165, 1.54) is 20.0 Å². The minimum atomic E-state index is -0.374. The lowest BCUT2D eigenvalue weighted by Crippen LogP contribution is -2.21. The number of rotatable bonds is 9. The topological polar surface area (TPSA) is 69.5 Å². The molecule has 3 aromatic rings. The summed E-state index contributed by atoms with van der Waals surface area (Å²) >= 11 is 1.61. The number of aromatic nitrogens is 3. The highest BCUT2D eigenvalue weighted by Gasteiger charge is 2.19. The minimum absolute atomic E-state index is 0.374. The molecule has 2 heterocycles. The molecule has 0 spiro atoms. The van der Waals surface area contributed by atoms with Gasteiger partial charge in [0.1, 0.15) is 5.75 Å². The molecule has 31 heavy (non-hydrogen) atoms. The zero-order valence-electron chi connectivity index (χ0n) is 17.6. The number of hydrogen-bond donors (Lipinski definition) is 0. The van der Waals surface area contributed by atoms with Crippen LogP contribution in [0.25, 0.3) is 5.69 Å². The molecule has 0 unspecified atom stereocenters. The predicted octanol–water partition coefficient (Wildman–Crippen LogP) is 3.82. The lowest BCUT2D eigenvalue weighted by atomic mass is 10.2. The first-order valence-corrected chi connectivity index (χ1v) is 11.4. The molecule has 1 aliphatic rings. The van der Waals surface area contributed by atoms with Crippen molar-refractivity contribution in [3.63, 3.8) is 0 Å². The first kappa shape index (κ1) is 21.4. The maximum absolute atomic E-state index is 11.7. The average molecular weight is 439 g/mol. The molecule has 0 aliphatic carbocycles. The van der Waals surface area contributed by atoms with E-state index >= 15 is 0 Å². The van der Waals surface area contributed by atoms with Crippen LogP contribution < -0.4 is 4.74 Å². The summed E-state index contributed by atoms with van der Waals surface area (Å²) in [6.07, 6.45) is 2.49. The summed E-state index contributed by atoms with van der Waals surface area (Å²) in [7, 11) is 1.37. The molecule has 0 amide bonds. The summed E-state index contributed by atoms with van der Waals surface area (Å²) in [5.74, 6) is 1.93. The largest absolute Gasteiger partial charge is 0.493 e. The Hall–Kier alpha value is -2.84. The molecule has 0 radical (unpaired) electrons. The van der Waals surface area contributed by atoms with Crippen molar-refractivity contribution in [3.8, 4) is 11.4 Å². The molecule has 0 N–H and O–H groups in total. The second-order valence-electron chi connectivity index (χ2n) is 7.27. The third-order valence-electron chi connectivity index (χ3n) is 5.12. The van der Waals surface area contributed by atoms with E-state index in [0.29, 0.717) is 23.7 Å². The number of esters is 1. The Morgan fingerprint density at radius 1 is 1.06 bits per heavy atom. The van der Waals surface area contributed by atoms with Crippen LogP contribution in [0.1, 0.15) is 29.0 Å². The summed E-state index contributed by atoms with van der Waals surface area (Å²) in [4.78, 5) is 14.1. The van der Waals surface area contributed by atoms with Crippen molar-refractivity contribution in [2.45, 2.75) is 24.5 Å². The number of methoxy groups -OCH3 is 1. The van der Waals surface area contributed by atoms with Gasteiger partial charge < -0.3 is 9.47 Å². The van der Waals surface area contributed by atoms with Gasteiger partial charge in [-0.05, 0) is 56.3 Å². The van der Waals surface area contributed by atoms with Crippen molar-refractivity contribution >= 4 is 17.7 Å². The van der Waals surface area contributed by atoms with Crippen LogP contribution in [0, 0.1) is 0 Å². The fourth-order valence-corrected chi connectivity index (χ4v) is 4.38. The van der Waals surface area contributed by atoms with Crippen LogP contribution in [0.4, 0.5) is 0 Å². The summed E-state index contributed by atoms with van der Waals surface area (Å²) in [6.45, 7) is 3.52. The lowest BCUT2D eigenvalue weighted by molar-refractivity contribution is 0.0600. The highest BCUT2D eigenvalue weighted by Crippen LogP contribution is 2.24. The number of carbonyl (C=O) groups is 1. The number of thioether (sulfide) groups is 1. The molecule has 1 fully saturated rings. The summed E-state index contributed by atoms with van der Waals surface area (Å²) in [5.41, 5.74) is 1.54. The number of ether oxygens (including phenoxy) is 2. The molecule has 1 saturated heterocycles. The maximum Gasteiger partial charge on any atom is 0.337 e. The van der Waals surface area contributed by atoms with Gasteiger partial charge in [-0.25, -0.2) is 4.79 Å². The van der Waals surface area contributed by atoms with E-state index in [0.717, 1.165) is 36.3 Å². The Labute approximate surface area is 186 Å². The van der Waals surface area contributed by atoms with E-state index in [9.17, 15) is 4.79 Å². The third kappa shape index (κ3) is 5.45. The molecule has 2 aromatic carbocycles. The smallest absolute Gasteiger partial charge is 0.337 e. The van der Waals surface area contributed by atoms with Crippen molar-refractivity contribution in [2.75, 3.05) is 32.6 Å². The van der Waals surface area contributed by atoms with Crippen LogP contribution in [0.2, 0.25) is 0 Å². The zero-order valence-corrected chi connectivity index (χ0v) is 18.4. The van der Waals surface area contributed by atoms with Gasteiger partial charge in [-0.2, -0.15) is 0 Å². The Kier molecular flexibility index (Phi) is 7.22. The number of hydrogen-bond acceptors (Lipinski definition) is 7. The van der Waals surface area contributed by atoms with Crippen LogP contribution in [0.3, 0.4) is 0 Å². The Bertz CT molecular complexity index is 1000. The summed E-state index contributed by atoms with van der Waals surface area (Å²) in [6, 6.07) is 17.2. The normalized spacial score (nSPS) is 14.0. The molecule has 1 aliphatic heterocycles. The van der Waals surface area contributed by atoms with Gasteiger partial charge in [0, 0.05) is 11.4 Å². The van der Waals surface area contributed by atoms with Gasteiger partial charge in [0.25, 0.3) is 0 Å². The summed E-state index contributed by atoms with van der Waals surface area (Å²) in [5, 5.41) is 9.81. The monoisotopic (exact) mass is 438 g/mol. The highest BCUT2D eigenvalue weighted by atomic mass is 32.2. The predicted molar refractivity (Wildman–Crippen MR) is 120 cm³/mol. The van der Waals surface area contributed by atoms with Crippen LogP contribution in [0.15, 0.2) is 59.8 Å². The number of nitrogens with zero attached hydrogens (tertiary/aromatic N) is 4. The number of para-hydroxylation sites is 1. The van der Waals surface area contributed by atoms with Gasteiger partial charge >= 0.3 is 5.97 Å². The van der Waals surface area contributed by atoms with E-state index in [4.69, 9.17) is 9.47 Å². The molecule has 162 valence electrons. The van der Waals surface area contributed by atoms with Gasteiger partial charge in [0.05, 0.1) is 25.8 Å². The quantitative estimate of drug-likeness (QED) is 0.286. The molecule has 1 aromatic heterocycles. The van der Waals surface area contributed by atoms with E-state index in [-0.39, 0.29) is 5.97 Å². The van der Waals surface area contributed by atoms with Crippen LogP contribution in [-0.2, 0) is 11.3 Å². The van der Waals surface area contributed by atoms with Crippen molar-refractivity contribution in [2.24, 2.45) is 0 Å². The molecule has 4 rings (SSSR count). The molecule has 0 atom stereocenters. The summed E-state index contributed by atoms with van der Waals surface area (Å²) < 4.78 is 12.7. The minimum Gasteiger partial charge on any atom is -0.493 e. The van der Waals surface area contributed by atoms with E-state index in [1.54, 1.807) is 30.0 Å². The van der Waals surface area contributed by atoms with Gasteiger partial charge in [0.2, 0.25) is 0 Å². The lowest BCUT2D eigenvalue weighted by Gasteiger charge is -2.16. The fraction of sp³-hybridized carbons (Fsp3) is 0.348. The van der Waals surface area contributed by atoms with E-state index in [1.807, 2.05) is 24.3 Å². The van der Waals surface area contributed by atoms with E-state index < -0.39 is 0 Å². The molecule has 7 nitrogen and oxygen atoms in total. The number of likely N-dealkylation sites (tertiary alicyclic amines) is 1. The van der Waals surface area contributed by atoms with Crippen molar-refractivity contribution in [3.05, 3.63) is 66.0 Å². The molecular weight excluding hydrogens is 412 g/mol. The van der Waals surface area contributed by atoms with E-state index in [2.05, 4.69) is 31.8 Å². The first-order chi connectivity index (χ1) is 15.2. The van der Waals surface area contributed by atoms with Gasteiger partial charge in [-0.15, -0.1) is 10.2 Å². The van der Waals surface area contributed by atoms with Gasteiger partial charge in [-0.3, -0.25) is 9.47 Å². The molecular formula is C23H26N4O3S.